The van der Waals surface area contributed by atoms with E-state index < -0.39 is 9.84 Å². The fraction of sp³-hybridized carbons (Fsp3) is 0.417. The van der Waals surface area contributed by atoms with Crippen LogP contribution < -0.4 is 9.64 Å². The highest BCUT2D eigenvalue weighted by molar-refractivity contribution is 7.91. The summed E-state index contributed by atoms with van der Waals surface area (Å²) in [6.45, 7) is 9.37. The van der Waals surface area contributed by atoms with E-state index in [4.69, 9.17) is 21.3 Å². The van der Waals surface area contributed by atoms with Crippen molar-refractivity contribution in [3.8, 4) is 5.75 Å². The standard InChI is InChI=1S/C24H30ClN3O4S2/c1-4-27(5-2)15-16-28(24-26-23-20(32-6-3)8-7-9-21(23)33-24)22(29)14-17-34(30,31)19-12-10-18(25)11-13-19/h7-13H,4-6,14-17H2,1-3H3. The maximum absolute atomic E-state index is 13.3. The largest absolute Gasteiger partial charge is 0.492 e. The Hall–Kier alpha value is -2.20. The van der Waals surface area contributed by atoms with Gasteiger partial charge >= 0.3 is 0 Å². The van der Waals surface area contributed by atoms with Gasteiger partial charge in [0, 0.05) is 24.5 Å². The first-order chi connectivity index (χ1) is 16.3. The minimum absolute atomic E-state index is 0.141. The quantitative estimate of drug-likeness (QED) is 0.336. The van der Waals surface area contributed by atoms with Crippen molar-refractivity contribution in [3.05, 3.63) is 47.5 Å². The van der Waals surface area contributed by atoms with E-state index in [9.17, 15) is 13.2 Å². The lowest BCUT2D eigenvalue weighted by molar-refractivity contribution is -0.118. The lowest BCUT2D eigenvalue weighted by atomic mass is 10.3. The van der Waals surface area contributed by atoms with E-state index in [0.29, 0.717) is 41.1 Å². The smallest absolute Gasteiger partial charge is 0.229 e. The summed E-state index contributed by atoms with van der Waals surface area (Å²) in [4.78, 5) is 22.0. The number of hydrogen-bond donors (Lipinski definition) is 0. The number of likely N-dealkylation sites (N-methyl/N-ethyl adjacent to an activating group) is 1. The van der Waals surface area contributed by atoms with Gasteiger partial charge in [-0.1, -0.05) is 42.9 Å². The Morgan fingerprint density at radius 2 is 1.76 bits per heavy atom. The number of thiazole rings is 1. The number of ether oxygens (including phenoxy) is 1. The summed E-state index contributed by atoms with van der Waals surface area (Å²) in [6, 6.07) is 11.7. The molecule has 184 valence electrons. The van der Waals surface area contributed by atoms with Crippen LogP contribution in [0.3, 0.4) is 0 Å². The zero-order valence-corrected chi connectivity index (χ0v) is 22.0. The topological polar surface area (TPSA) is 79.8 Å². The number of rotatable bonds is 12. The number of hydrogen-bond acceptors (Lipinski definition) is 7. The Morgan fingerprint density at radius 1 is 1.06 bits per heavy atom. The summed E-state index contributed by atoms with van der Waals surface area (Å²) < 4.78 is 32.2. The summed E-state index contributed by atoms with van der Waals surface area (Å²) in [5.74, 6) is 0.107. The predicted octanol–water partition coefficient (Wildman–Crippen LogP) is 4.89. The molecule has 3 rings (SSSR count). The van der Waals surface area contributed by atoms with Crippen LogP contribution in [0.5, 0.6) is 5.75 Å². The van der Waals surface area contributed by atoms with Crippen LogP contribution in [0.1, 0.15) is 27.2 Å². The molecule has 0 aliphatic carbocycles. The van der Waals surface area contributed by atoms with Gasteiger partial charge in [-0.2, -0.15) is 0 Å². The summed E-state index contributed by atoms with van der Waals surface area (Å²) in [5.41, 5.74) is 0.707. The van der Waals surface area contributed by atoms with Crippen LogP contribution in [0, 0.1) is 0 Å². The number of carbonyl (C=O) groups excluding carboxylic acids is 1. The average molecular weight is 524 g/mol. The Labute approximate surface area is 210 Å². The number of carbonyl (C=O) groups is 1. The Bertz CT molecular complexity index is 1210. The second kappa shape index (κ2) is 12.0. The molecule has 0 aliphatic rings. The summed E-state index contributed by atoms with van der Waals surface area (Å²) in [6.07, 6.45) is -0.141. The van der Waals surface area contributed by atoms with Crippen molar-refractivity contribution in [2.75, 3.05) is 43.4 Å². The van der Waals surface area contributed by atoms with Crippen LogP contribution in [-0.4, -0.2) is 62.7 Å². The minimum Gasteiger partial charge on any atom is -0.492 e. The maximum atomic E-state index is 13.3. The van der Waals surface area contributed by atoms with Crippen LogP contribution in [-0.2, 0) is 14.6 Å². The normalized spacial score (nSPS) is 11.8. The monoisotopic (exact) mass is 523 g/mol. The number of nitrogens with zero attached hydrogens (tertiary/aromatic N) is 3. The molecular weight excluding hydrogens is 494 g/mol. The zero-order chi connectivity index (χ0) is 24.7. The SMILES string of the molecule is CCOc1cccc2sc(N(CCN(CC)CC)C(=O)CCS(=O)(=O)c3ccc(Cl)cc3)nc12. The molecule has 0 fully saturated rings. The number of sulfone groups is 1. The number of halogens is 1. The van der Waals surface area contributed by atoms with Crippen molar-refractivity contribution in [1.82, 2.24) is 9.88 Å². The van der Waals surface area contributed by atoms with Gasteiger partial charge in [-0.05, 0) is 56.4 Å². The first kappa shape index (κ1) is 26.4. The van der Waals surface area contributed by atoms with Crippen LogP contribution in [0.4, 0.5) is 5.13 Å². The third-order valence-corrected chi connectivity index (χ3v) is 8.52. The Kier molecular flexibility index (Phi) is 9.30. The van der Waals surface area contributed by atoms with Crippen molar-refractivity contribution in [1.29, 1.82) is 0 Å². The number of benzene rings is 2. The number of amides is 1. The third kappa shape index (κ3) is 6.47. The van der Waals surface area contributed by atoms with Crippen molar-refractivity contribution < 1.29 is 17.9 Å². The molecule has 2 aromatic carbocycles. The lowest BCUT2D eigenvalue weighted by Crippen LogP contribution is -2.39. The first-order valence-corrected chi connectivity index (χ1v) is 14.2. The van der Waals surface area contributed by atoms with Gasteiger partial charge in [0.05, 0.1) is 22.0 Å². The van der Waals surface area contributed by atoms with Gasteiger partial charge in [0.1, 0.15) is 11.3 Å². The van der Waals surface area contributed by atoms with E-state index in [0.717, 1.165) is 17.8 Å². The predicted molar refractivity (Wildman–Crippen MR) is 139 cm³/mol. The highest BCUT2D eigenvalue weighted by atomic mass is 35.5. The maximum Gasteiger partial charge on any atom is 0.229 e. The fourth-order valence-electron chi connectivity index (χ4n) is 3.52. The molecule has 7 nitrogen and oxygen atoms in total. The van der Waals surface area contributed by atoms with E-state index in [1.54, 1.807) is 4.90 Å². The Morgan fingerprint density at radius 3 is 2.41 bits per heavy atom. The summed E-state index contributed by atoms with van der Waals surface area (Å²) in [5, 5.41) is 1.00. The molecule has 0 N–H and O–H groups in total. The summed E-state index contributed by atoms with van der Waals surface area (Å²) in [7, 11) is -3.62. The van der Waals surface area contributed by atoms with E-state index in [1.807, 2.05) is 25.1 Å². The van der Waals surface area contributed by atoms with Crippen molar-refractivity contribution in [2.45, 2.75) is 32.1 Å². The third-order valence-electron chi connectivity index (χ3n) is 5.49. The van der Waals surface area contributed by atoms with E-state index in [-0.39, 0.29) is 23.0 Å². The molecular formula is C24H30ClN3O4S2. The van der Waals surface area contributed by atoms with E-state index in [2.05, 4.69) is 18.7 Å². The molecule has 1 heterocycles. The van der Waals surface area contributed by atoms with Gasteiger partial charge in [0.15, 0.2) is 15.0 Å². The molecule has 0 aliphatic heterocycles. The molecule has 0 radical (unpaired) electrons. The van der Waals surface area contributed by atoms with Crippen molar-refractivity contribution >= 4 is 54.0 Å². The molecule has 0 atom stereocenters. The second-order valence-electron chi connectivity index (χ2n) is 7.63. The number of fused-ring (bicyclic) bond motifs is 1. The van der Waals surface area contributed by atoms with Crippen molar-refractivity contribution in [3.63, 3.8) is 0 Å². The molecule has 0 bridgehead atoms. The Balaban J connectivity index is 1.85. The lowest BCUT2D eigenvalue weighted by Gasteiger charge is -2.24. The minimum atomic E-state index is -3.62. The highest BCUT2D eigenvalue weighted by Crippen LogP contribution is 2.34. The molecule has 34 heavy (non-hydrogen) atoms. The second-order valence-corrected chi connectivity index (χ2v) is 11.2. The molecule has 0 spiro atoms. The van der Waals surface area contributed by atoms with Crippen LogP contribution in [0.25, 0.3) is 10.2 Å². The van der Waals surface area contributed by atoms with Gasteiger partial charge in [-0.3, -0.25) is 9.69 Å². The number of anilines is 1. The van der Waals surface area contributed by atoms with Crippen molar-refractivity contribution in [2.24, 2.45) is 0 Å². The van der Waals surface area contributed by atoms with Crippen LogP contribution in [0.2, 0.25) is 5.02 Å². The zero-order valence-electron chi connectivity index (χ0n) is 19.7. The first-order valence-electron chi connectivity index (χ1n) is 11.3. The van der Waals surface area contributed by atoms with E-state index >= 15 is 0 Å². The molecule has 1 amide bonds. The number of para-hydroxylation sites is 1. The van der Waals surface area contributed by atoms with Gasteiger partial charge in [-0.25, -0.2) is 13.4 Å². The molecule has 0 saturated carbocycles. The van der Waals surface area contributed by atoms with Crippen LogP contribution >= 0.6 is 22.9 Å². The molecule has 1 aromatic heterocycles. The molecule has 0 saturated heterocycles. The summed E-state index contributed by atoms with van der Waals surface area (Å²) >= 11 is 7.28. The van der Waals surface area contributed by atoms with Gasteiger partial charge in [-0.15, -0.1) is 0 Å². The highest BCUT2D eigenvalue weighted by Gasteiger charge is 2.24. The molecule has 3 aromatic rings. The van der Waals surface area contributed by atoms with Gasteiger partial charge < -0.3 is 9.64 Å². The van der Waals surface area contributed by atoms with Gasteiger partial charge in [0.25, 0.3) is 0 Å². The molecule has 10 heteroatoms. The van der Waals surface area contributed by atoms with E-state index in [1.165, 1.54) is 35.6 Å². The fourth-order valence-corrected chi connectivity index (χ4v) is 5.91. The molecule has 0 unspecified atom stereocenters. The van der Waals surface area contributed by atoms with Gasteiger partial charge in [0.2, 0.25) is 5.91 Å². The number of aromatic nitrogens is 1. The van der Waals surface area contributed by atoms with Crippen LogP contribution in [0.15, 0.2) is 47.4 Å². The average Bonchev–Trinajstić information content (AvgIpc) is 3.26.